The normalized spacial score (nSPS) is 20.8. The lowest BCUT2D eigenvalue weighted by atomic mass is 9.98. The summed E-state index contributed by atoms with van der Waals surface area (Å²) in [6.07, 6.45) is 6.19. The van der Waals surface area contributed by atoms with Gasteiger partial charge in [-0.1, -0.05) is 0 Å². The first-order chi connectivity index (χ1) is 9.19. The van der Waals surface area contributed by atoms with E-state index in [4.69, 9.17) is 5.11 Å². The van der Waals surface area contributed by atoms with E-state index in [2.05, 4.69) is 20.5 Å². The van der Waals surface area contributed by atoms with Gasteiger partial charge in [-0.3, -0.25) is 4.79 Å². The average molecular weight is 327 g/mol. The molecule has 19 heavy (non-hydrogen) atoms. The molecule has 1 aromatic heterocycles. The summed E-state index contributed by atoms with van der Waals surface area (Å²) in [4.78, 5) is 14.5. The highest BCUT2D eigenvalue weighted by Gasteiger charge is 2.30. The van der Waals surface area contributed by atoms with Crippen LogP contribution < -0.4 is 0 Å². The second-order valence-electron chi connectivity index (χ2n) is 5.60. The van der Waals surface area contributed by atoms with Gasteiger partial charge in [0, 0.05) is 36.4 Å². The summed E-state index contributed by atoms with van der Waals surface area (Å²) in [5, 5.41) is 9.15. The van der Waals surface area contributed by atoms with Crippen molar-refractivity contribution in [1.29, 1.82) is 0 Å². The van der Waals surface area contributed by atoms with E-state index >= 15 is 0 Å². The predicted molar refractivity (Wildman–Crippen MR) is 76.1 cm³/mol. The van der Waals surface area contributed by atoms with Crippen molar-refractivity contribution in [3.8, 4) is 0 Å². The minimum atomic E-state index is 0.133. The summed E-state index contributed by atoms with van der Waals surface area (Å²) in [5.41, 5.74) is 0.803. The van der Waals surface area contributed by atoms with Crippen molar-refractivity contribution >= 4 is 21.8 Å². The summed E-state index contributed by atoms with van der Waals surface area (Å²) in [6, 6.07) is 2.44. The number of carbonyl (C=O) groups excluding carboxylic acids is 1. The lowest BCUT2D eigenvalue weighted by Crippen LogP contribution is -2.39. The SMILES string of the molecule is O=C(c1cc(Br)cn1C1CC1)N1CCC(CO)CC1. The van der Waals surface area contributed by atoms with Crippen LogP contribution >= 0.6 is 15.9 Å². The summed E-state index contributed by atoms with van der Waals surface area (Å²) in [6.45, 7) is 1.76. The van der Waals surface area contributed by atoms with Gasteiger partial charge in [0.1, 0.15) is 5.69 Å². The molecule has 0 unspecified atom stereocenters. The molecule has 0 spiro atoms. The number of carbonyl (C=O) groups is 1. The van der Waals surface area contributed by atoms with E-state index in [0.717, 1.165) is 36.1 Å². The average Bonchev–Trinajstić information content (AvgIpc) is 3.21. The third kappa shape index (κ3) is 2.72. The zero-order chi connectivity index (χ0) is 13.4. The molecule has 0 aromatic carbocycles. The van der Waals surface area contributed by atoms with E-state index in [9.17, 15) is 4.79 Å². The smallest absolute Gasteiger partial charge is 0.270 e. The molecule has 2 aliphatic rings. The highest BCUT2D eigenvalue weighted by molar-refractivity contribution is 9.10. The number of nitrogens with zero attached hydrogens (tertiary/aromatic N) is 2. The van der Waals surface area contributed by atoms with Crippen LogP contribution in [0.3, 0.4) is 0 Å². The van der Waals surface area contributed by atoms with E-state index in [1.165, 1.54) is 12.8 Å². The van der Waals surface area contributed by atoms with Gasteiger partial charge in [0.15, 0.2) is 0 Å². The van der Waals surface area contributed by atoms with Gasteiger partial charge in [0.05, 0.1) is 0 Å². The van der Waals surface area contributed by atoms with Gasteiger partial charge in [-0.2, -0.15) is 0 Å². The zero-order valence-electron chi connectivity index (χ0n) is 10.9. The number of hydrogen-bond acceptors (Lipinski definition) is 2. The molecular weight excluding hydrogens is 308 g/mol. The molecule has 0 bridgehead atoms. The largest absolute Gasteiger partial charge is 0.396 e. The maximum absolute atomic E-state index is 12.6. The molecule has 1 aliphatic carbocycles. The minimum absolute atomic E-state index is 0.133. The highest BCUT2D eigenvalue weighted by atomic mass is 79.9. The van der Waals surface area contributed by atoms with E-state index in [-0.39, 0.29) is 12.5 Å². The van der Waals surface area contributed by atoms with E-state index in [1.54, 1.807) is 0 Å². The molecule has 5 heteroatoms. The van der Waals surface area contributed by atoms with Crippen LogP contribution in [0.25, 0.3) is 0 Å². The summed E-state index contributed by atoms with van der Waals surface area (Å²) >= 11 is 3.47. The molecule has 1 aliphatic heterocycles. The minimum Gasteiger partial charge on any atom is -0.396 e. The highest BCUT2D eigenvalue weighted by Crippen LogP contribution is 2.38. The van der Waals surface area contributed by atoms with Gasteiger partial charge in [-0.25, -0.2) is 0 Å². The number of rotatable bonds is 3. The molecule has 104 valence electrons. The number of amides is 1. The van der Waals surface area contributed by atoms with Crippen molar-refractivity contribution < 1.29 is 9.90 Å². The molecule has 1 saturated heterocycles. The van der Waals surface area contributed by atoms with Crippen LogP contribution in [0, 0.1) is 5.92 Å². The quantitative estimate of drug-likeness (QED) is 0.927. The van der Waals surface area contributed by atoms with Gasteiger partial charge in [0.25, 0.3) is 5.91 Å². The van der Waals surface area contributed by atoms with Crippen molar-refractivity contribution in [1.82, 2.24) is 9.47 Å². The second kappa shape index (κ2) is 5.29. The number of aliphatic hydroxyl groups excluding tert-OH is 1. The Morgan fingerprint density at radius 3 is 2.58 bits per heavy atom. The second-order valence-corrected chi connectivity index (χ2v) is 6.52. The number of piperidine rings is 1. The molecule has 1 aromatic rings. The Hall–Kier alpha value is -0.810. The molecule has 1 saturated carbocycles. The van der Waals surface area contributed by atoms with E-state index in [0.29, 0.717) is 12.0 Å². The first-order valence-electron chi connectivity index (χ1n) is 6.96. The maximum Gasteiger partial charge on any atom is 0.270 e. The summed E-state index contributed by atoms with van der Waals surface area (Å²) in [5.74, 6) is 0.500. The molecule has 0 radical (unpaired) electrons. The first kappa shape index (κ1) is 13.2. The first-order valence-corrected chi connectivity index (χ1v) is 7.76. The van der Waals surface area contributed by atoms with Crippen LogP contribution in [0.4, 0.5) is 0 Å². The molecular formula is C14H19BrN2O2. The monoisotopic (exact) mass is 326 g/mol. The number of aliphatic hydroxyl groups is 1. The van der Waals surface area contributed by atoms with Gasteiger partial charge in [-0.15, -0.1) is 0 Å². The third-order valence-electron chi connectivity index (χ3n) is 4.13. The zero-order valence-corrected chi connectivity index (χ0v) is 12.5. The summed E-state index contributed by atoms with van der Waals surface area (Å²) in [7, 11) is 0. The fourth-order valence-electron chi connectivity index (χ4n) is 2.75. The fourth-order valence-corrected chi connectivity index (χ4v) is 3.19. The predicted octanol–water partition coefficient (Wildman–Crippen LogP) is 2.43. The van der Waals surface area contributed by atoms with Crippen molar-refractivity contribution in [2.24, 2.45) is 5.92 Å². The van der Waals surface area contributed by atoms with Crippen molar-refractivity contribution in [3.63, 3.8) is 0 Å². The number of hydrogen-bond donors (Lipinski definition) is 1. The number of likely N-dealkylation sites (tertiary alicyclic amines) is 1. The maximum atomic E-state index is 12.6. The standard InChI is InChI=1S/C14H19BrN2O2/c15-11-7-13(17(8-11)12-1-2-12)14(19)16-5-3-10(9-18)4-6-16/h7-8,10,12,18H,1-6,9H2. The Balaban J connectivity index is 1.73. The van der Waals surface area contributed by atoms with Crippen molar-refractivity contribution in [2.75, 3.05) is 19.7 Å². The molecule has 2 heterocycles. The molecule has 1 amide bonds. The topological polar surface area (TPSA) is 45.5 Å². The van der Waals surface area contributed by atoms with Crippen LogP contribution in [0.2, 0.25) is 0 Å². The van der Waals surface area contributed by atoms with Crippen LogP contribution in [0.1, 0.15) is 42.2 Å². The fraction of sp³-hybridized carbons (Fsp3) is 0.643. The lowest BCUT2D eigenvalue weighted by molar-refractivity contribution is 0.0640. The summed E-state index contributed by atoms with van der Waals surface area (Å²) < 4.78 is 3.10. The van der Waals surface area contributed by atoms with Gasteiger partial charge < -0.3 is 14.6 Å². The van der Waals surface area contributed by atoms with Crippen LogP contribution in [-0.2, 0) is 0 Å². The third-order valence-corrected chi connectivity index (χ3v) is 4.57. The molecule has 1 N–H and O–H groups in total. The Morgan fingerprint density at radius 2 is 2.00 bits per heavy atom. The van der Waals surface area contributed by atoms with Crippen LogP contribution in [-0.4, -0.2) is 40.2 Å². The van der Waals surface area contributed by atoms with Crippen molar-refractivity contribution in [3.05, 3.63) is 22.4 Å². The Kier molecular flexibility index (Phi) is 3.67. The van der Waals surface area contributed by atoms with E-state index in [1.807, 2.05) is 17.2 Å². The Morgan fingerprint density at radius 1 is 1.32 bits per heavy atom. The van der Waals surface area contributed by atoms with Crippen LogP contribution in [0.15, 0.2) is 16.7 Å². The number of halogens is 1. The van der Waals surface area contributed by atoms with Crippen molar-refractivity contribution in [2.45, 2.75) is 31.7 Å². The lowest BCUT2D eigenvalue weighted by Gasteiger charge is -2.31. The molecule has 0 atom stereocenters. The Bertz CT molecular complexity index is 474. The number of aromatic nitrogens is 1. The van der Waals surface area contributed by atoms with Crippen LogP contribution in [0.5, 0.6) is 0 Å². The van der Waals surface area contributed by atoms with E-state index < -0.39 is 0 Å². The Labute approximate surface area is 121 Å². The van der Waals surface area contributed by atoms with Gasteiger partial charge in [0.2, 0.25) is 0 Å². The van der Waals surface area contributed by atoms with Gasteiger partial charge in [-0.05, 0) is 53.6 Å². The molecule has 3 rings (SSSR count). The molecule has 2 fully saturated rings. The van der Waals surface area contributed by atoms with Gasteiger partial charge >= 0.3 is 0 Å². The molecule has 4 nitrogen and oxygen atoms in total.